The first-order valence-electron chi connectivity index (χ1n) is 8.51. The van der Waals surface area contributed by atoms with E-state index < -0.39 is 0 Å². The fourth-order valence-electron chi connectivity index (χ4n) is 3.46. The van der Waals surface area contributed by atoms with E-state index in [9.17, 15) is 5.11 Å². The SMILES string of the molecule is CCCC1(C(C)C)C=C(C(C)(C)C)C(O)=C(C(C)(C)C)C1. The highest BCUT2D eigenvalue weighted by molar-refractivity contribution is 5.42. The van der Waals surface area contributed by atoms with Gasteiger partial charge >= 0.3 is 0 Å². The predicted molar refractivity (Wildman–Crippen MR) is 93.4 cm³/mol. The van der Waals surface area contributed by atoms with Crippen LogP contribution in [0, 0.1) is 22.2 Å². The van der Waals surface area contributed by atoms with Gasteiger partial charge < -0.3 is 5.11 Å². The molecule has 0 aromatic heterocycles. The number of aliphatic hydroxyl groups is 1. The lowest BCUT2D eigenvalue weighted by atomic mass is 9.60. The van der Waals surface area contributed by atoms with Crippen LogP contribution in [0.25, 0.3) is 0 Å². The van der Waals surface area contributed by atoms with Crippen molar-refractivity contribution >= 4 is 0 Å². The molecule has 0 spiro atoms. The van der Waals surface area contributed by atoms with Gasteiger partial charge in [-0.25, -0.2) is 0 Å². The van der Waals surface area contributed by atoms with E-state index in [0.29, 0.717) is 11.7 Å². The number of aliphatic hydroxyl groups excluding tert-OH is 1. The predicted octanol–water partition coefficient (Wildman–Crippen LogP) is 6.66. The normalized spacial score (nSPS) is 24.6. The van der Waals surface area contributed by atoms with Crippen molar-refractivity contribution in [3.63, 3.8) is 0 Å². The lowest BCUT2D eigenvalue weighted by molar-refractivity contribution is 0.200. The molecule has 1 heteroatoms. The van der Waals surface area contributed by atoms with E-state index in [4.69, 9.17) is 0 Å². The summed E-state index contributed by atoms with van der Waals surface area (Å²) in [5, 5.41) is 10.9. The molecule has 0 aliphatic heterocycles. The van der Waals surface area contributed by atoms with E-state index in [1.165, 1.54) is 18.4 Å². The molecular formula is C20H36O. The van der Waals surface area contributed by atoms with E-state index >= 15 is 0 Å². The summed E-state index contributed by atoms with van der Waals surface area (Å²) >= 11 is 0. The molecule has 0 aromatic carbocycles. The topological polar surface area (TPSA) is 20.2 Å². The van der Waals surface area contributed by atoms with Crippen molar-refractivity contribution in [3.8, 4) is 0 Å². The average molecular weight is 293 g/mol. The van der Waals surface area contributed by atoms with Gasteiger partial charge in [0.2, 0.25) is 0 Å². The lowest BCUT2D eigenvalue weighted by Gasteiger charge is -2.45. The van der Waals surface area contributed by atoms with Gasteiger partial charge in [-0.15, -0.1) is 0 Å². The van der Waals surface area contributed by atoms with Gasteiger partial charge in [-0.05, 0) is 46.2 Å². The van der Waals surface area contributed by atoms with Crippen LogP contribution in [0.4, 0.5) is 0 Å². The molecule has 1 unspecified atom stereocenters. The maximum atomic E-state index is 10.9. The first kappa shape index (κ1) is 18.3. The zero-order valence-corrected chi connectivity index (χ0v) is 15.7. The van der Waals surface area contributed by atoms with Gasteiger partial charge in [0, 0.05) is 0 Å². The third kappa shape index (κ3) is 3.73. The van der Waals surface area contributed by atoms with E-state index in [1.54, 1.807) is 0 Å². The molecule has 1 aliphatic carbocycles. The Morgan fingerprint density at radius 3 is 1.95 bits per heavy atom. The molecule has 0 aromatic rings. The summed E-state index contributed by atoms with van der Waals surface area (Å²) in [6.45, 7) is 20.2. The van der Waals surface area contributed by atoms with Gasteiger partial charge in [0.25, 0.3) is 0 Å². The molecule has 0 saturated heterocycles. The molecule has 0 heterocycles. The largest absolute Gasteiger partial charge is 0.508 e. The quantitative estimate of drug-likeness (QED) is 0.616. The second-order valence-corrected chi connectivity index (χ2v) is 9.20. The summed E-state index contributed by atoms with van der Waals surface area (Å²) < 4.78 is 0. The van der Waals surface area contributed by atoms with Crippen LogP contribution in [-0.2, 0) is 0 Å². The summed E-state index contributed by atoms with van der Waals surface area (Å²) in [6, 6.07) is 0. The Morgan fingerprint density at radius 1 is 1.10 bits per heavy atom. The summed E-state index contributed by atoms with van der Waals surface area (Å²) in [6.07, 6.45) is 5.78. The van der Waals surface area contributed by atoms with Crippen molar-refractivity contribution in [1.82, 2.24) is 0 Å². The van der Waals surface area contributed by atoms with Crippen LogP contribution < -0.4 is 0 Å². The van der Waals surface area contributed by atoms with Crippen LogP contribution in [0.15, 0.2) is 23.0 Å². The van der Waals surface area contributed by atoms with Crippen molar-refractivity contribution in [2.24, 2.45) is 22.2 Å². The van der Waals surface area contributed by atoms with Crippen LogP contribution in [0.3, 0.4) is 0 Å². The van der Waals surface area contributed by atoms with Crippen molar-refractivity contribution in [2.75, 3.05) is 0 Å². The zero-order chi connectivity index (χ0) is 16.6. The lowest BCUT2D eigenvalue weighted by Crippen LogP contribution is -2.34. The Balaban J connectivity index is 3.54. The molecule has 1 rings (SSSR count). The van der Waals surface area contributed by atoms with Crippen LogP contribution in [0.2, 0.25) is 0 Å². The molecule has 0 radical (unpaired) electrons. The van der Waals surface area contributed by atoms with Gasteiger partial charge in [0.15, 0.2) is 0 Å². The second kappa shape index (κ2) is 5.82. The van der Waals surface area contributed by atoms with Gasteiger partial charge in [-0.1, -0.05) is 74.8 Å². The summed E-state index contributed by atoms with van der Waals surface area (Å²) in [5.41, 5.74) is 2.56. The molecule has 0 amide bonds. The number of allylic oxidation sites excluding steroid dienone is 3. The Labute approximate surface area is 132 Å². The Kier molecular flexibility index (Phi) is 5.08. The van der Waals surface area contributed by atoms with Crippen molar-refractivity contribution < 1.29 is 5.11 Å². The maximum absolute atomic E-state index is 10.9. The molecule has 21 heavy (non-hydrogen) atoms. The molecule has 1 N–H and O–H groups in total. The van der Waals surface area contributed by atoms with Crippen molar-refractivity contribution in [2.45, 2.75) is 81.6 Å². The third-order valence-corrected chi connectivity index (χ3v) is 5.06. The summed E-state index contributed by atoms with van der Waals surface area (Å²) in [7, 11) is 0. The van der Waals surface area contributed by atoms with Gasteiger partial charge in [-0.2, -0.15) is 0 Å². The molecular weight excluding hydrogens is 256 g/mol. The van der Waals surface area contributed by atoms with Gasteiger partial charge in [-0.3, -0.25) is 0 Å². The summed E-state index contributed by atoms with van der Waals surface area (Å²) in [4.78, 5) is 0. The number of hydrogen-bond acceptors (Lipinski definition) is 1. The smallest absolute Gasteiger partial charge is 0.118 e. The number of hydrogen-bond donors (Lipinski definition) is 1. The standard InChI is InChI=1S/C20H36O/c1-10-11-20(14(2)3)12-15(18(4,5)6)17(21)16(13-20)19(7,8)9/h12,14,21H,10-11,13H2,1-9H3. The molecule has 0 bridgehead atoms. The first-order valence-corrected chi connectivity index (χ1v) is 8.51. The molecule has 0 saturated carbocycles. The maximum Gasteiger partial charge on any atom is 0.118 e. The second-order valence-electron chi connectivity index (χ2n) is 9.20. The Bertz CT molecular complexity index is 437. The summed E-state index contributed by atoms with van der Waals surface area (Å²) in [5.74, 6) is 1.14. The minimum Gasteiger partial charge on any atom is -0.508 e. The average Bonchev–Trinajstić information content (AvgIpc) is 2.28. The Hall–Kier alpha value is -0.720. The fourth-order valence-corrected chi connectivity index (χ4v) is 3.46. The monoisotopic (exact) mass is 292 g/mol. The first-order chi connectivity index (χ1) is 9.35. The van der Waals surface area contributed by atoms with Crippen molar-refractivity contribution in [3.05, 3.63) is 23.0 Å². The molecule has 122 valence electrons. The highest BCUT2D eigenvalue weighted by atomic mass is 16.3. The van der Waals surface area contributed by atoms with E-state index in [2.05, 4.69) is 68.4 Å². The minimum atomic E-state index is -0.0190. The Morgan fingerprint density at radius 2 is 1.62 bits per heavy atom. The van der Waals surface area contributed by atoms with Crippen LogP contribution in [-0.4, -0.2) is 5.11 Å². The minimum absolute atomic E-state index is 0.0166. The highest BCUT2D eigenvalue weighted by Gasteiger charge is 2.42. The molecule has 0 fully saturated rings. The molecule has 1 atom stereocenters. The van der Waals surface area contributed by atoms with Crippen molar-refractivity contribution in [1.29, 1.82) is 0 Å². The molecule has 1 nitrogen and oxygen atoms in total. The van der Waals surface area contributed by atoms with Crippen LogP contribution in [0.1, 0.15) is 81.6 Å². The number of rotatable bonds is 3. The van der Waals surface area contributed by atoms with Crippen LogP contribution in [0.5, 0.6) is 0 Å². The molecule has 1 aliphatic rings. The fraction of sp³-hybridized carbons (Fsp3) is 0.800. The third-order valence-electron chi connectivity index (χ3n) is 5.06. The van der Waals surface area contributed by atoms with E-state index in [-0.39, 0.29) is 16.2 Å². The highest BCUT2D eigenvalue weighted by Crippen LogP contribution is 2.52. The van der Waals surface area contributed by atoms with Crippen LogP contribution >= 0.6 is 0 Å². The zero-order valence-electron chi connectivity index (χ0n) is 15.7. The van der Waals surface area contributed by atoms with Gasteiger partial charge in [0.1, 0.15) is 5.76 Å². The van der Waals surface area contributed by atoms with E-state index in [0.717, 1.165) is 12.0 Å². The van der Waals surface area contributed by atoms with E-state index in [1.807, 2.05) is 0 Å². The van der Waals surface area contributed by atoms with Gasteiger partial charge in [0.05, 0.1) is 0 Å².